The first-order valence-electron chi connectivity index (χ1n) is 9.94. The zero-order valence-corrected chi connectivity index (χ0v) is 17.8. The molecule has 6 heteroatoms. The summed E-state index contributed by atoms with van der Waals surface area (Å²) < 4.78 is 5.88. The van der Waals surface area contributed by atoms with Crippen molar-refractivity contribution in [1.29, 1.82) is 0 Å². The molecule has 3 N–H and O–H groups in total. The molecule has 156 valence electrons. The number of carbonyl (C=O) groups is 1. The van der Waals surface area contributed by atoms with E-state index in [1.54, 1.807) is 0 Å². The summed E-state index contributed by atoms with van der Waals surface area (Å²) in [4.78, 5) is 16.6. The van der Waals surface area contributed by atoms with E-state index in [1.165, 1.54) is 0 Å². The maximum Gasteiger partial charge on any atom is 0.239 e. The number of hydrogen-bond acceptors (Lipinski definition) is 3. The van der Waals surface area contributed by atoms with Crippen LogP contribution >= 0.6 is 0 Å². The van der Waals surface area contributed by atoms with E-state index in [2.05, 4.69) is 20.9 Å². The highest BCUT2D eigenvalue weighted by molar-refractivity contribution is 5.86. The highest BCUT2D eigenvalue weighted by Crippen LogP contribution is 2.16. The molecule has 6 nitrogen and oxygen atoms in total. The third-order valence-corrected chi connectivity index (χ3v) is 3.84. The molecular formula is C23H32N4O2. The van der Waals surface area contributed by atoms with Gasteiger partial charge in [-0.25, -0.2) is 4.99 Å². The smallest absolute Gasteiger partial charge is 0.239 e. The van der Waals surface area contributed by atoms with Crippen LogP contribution in [-0.2, 0) is 17.9 Å². The lowest BCUT2D eigenvalue weighted by molar-refractivity contribution is -0.121. The van der Waals surface area contributed by atoms with Crippen molar-refractivity contribution >= 4 is 11.9 Å². The van der Waals surface area contributed by atoms with Crippen LogP contribution in [0, 0.1) is 0 Å². The van der Waals surface area contributed by atoms with Gasteiger partial charge >= 0.3 is 0 Å². The van der Waals surface area contributed by atoms with Crippen LogP contribution in [0.25, 0.3) is 0 Å². The third-order valence-electron chi connectivity index (χ3n) is 3.84. The highest BCUT2D eigenvalue weighted by Gasteiger charge is 2.13. The Bertz CT molecular complexity index is 798. The van der Waals surface area contributed by atoms with Crippen LogP contribution in [0.4, 0.5) is 0 Å². The molecule has 0 heterocycles. The lowest BCUT2D eigenvalue weighted by Gasteiger charge is -2.21. The highest BCUT2D eigenvalue weighted by atomic mass is 16.5. The number of guanidine groups is 1. The van der Waals surface area contributed by atoms with Crippen LogP contribution in [0.15, 0.2) is 59.6 Å². The van der Waals surface area contributed by atoms with Crippen molar-refractivity contribution in [2.24, 2.45) is 4.99 Å². The number of amides is 1. The van der Waals surface area contributed by atoms with E-state index in [9.17, 15) is 4.79 Å². The molecule has 0 spiro atoms. The largest absolute Gasteiger partial charge is 0.489 e. The Morgan fingerprint density at radius 1 is 1.00 bits per heavy atom. The second-order valence-corrected chi connectivity index (χ2v) is 7.77. The van der Waals surface area contributed by atoms with Gasteiger partial charge in [-0.3, -0.25) is 4.79 Å². The Labute approximate surface area is 173 Å². The minimum atomic E-state index is -0.256. The zero-order chi connectivity index (χ0) is 21.1. The van der Waals surface area contributed by atoms with Crippen molar-refractivity contribution in [2.75, 3.05) is 13.1 Å². The van der Waals surface area contributed by atoms with Gasteiger partial charge in [-0.15, -0.1) is 0 Å². The fourth-order valence-corrected chi connectivity index (χ4v) is 2.61. The molecule has 0 radical (unpaired) electrons. The number of aliphatic imine (C=N–C) groups is 1. The molecule has 0 saturated heterocycles. The number of nitrogens with zero attached hydrogens (tertiary/aromatic N) is 1. The Morgan fingerprint density at radius 2 is 1.72 bits per heavy atom. The van der Waals surface area contributed by atoms with Gasteiger partial charge in [-0.1, -0.05) is 42.5 Å². The van der Waals surface area contributed by atoms with Crippen molar-refractivity contribution in [3.63, 3.8) is 0 Å². The maximum atomic E-state index is 12.0. The van der Waals surface area contributed by atoms with Gasteiger partial charge in [0.15, 0.2) is 5.96 Å². The number of ether oxygens (including phenoxy) is 1. The van der Waals surface area contributed by atoms with E-state index >= 15 is 0 Å². The molecule has 0 aliphatic heterocycles. The monoisotopic (exact) mass is 396 g/mol. The second kappa shape index (κ2) is 11.1. The average molecular weight is 397 g/mol. The Balaban J connectivity index is 1.91. The van der Waals surface area contributed by atoms with E-state index in [-0.39, 0.29) is 18.0 Å². The molecule has 0 aliphatic carbocycles. The Morgan fingerprint density at radius 3 is 2.41 bits per heavy atom. The number of nitrogens with one attached hydrogen (secondary N) is 3. The summed E-state index contributed by atoms with van der Waals surface area (Å²) in [6, 6.07) is 18.0. The zero-order valence-electron chi connectivity index (χ0n) is 17.8. The Hall–Kier alpha value is -3.02. The number of carbonyl (C=O) groups excluding carboxylic acids is 1. The number of rotatable bonds is 8. The van der Waals surface area contributed by atoms with Crippen LogP contribution in [0.5, 0.6) is 5.75 Å². The molecule has 0 saturated carbocycles. The van der Waals surface area contributed by atoms with E-state index in [4.69, 9.17) is 4.74 Å². The standard InChI is InChI=1S/C23H32N4O2/c1-5-24-22(26-16-21(28)27-23(2,3)4)25-15-19-12-9-13-20(14-19)29-17-18-10-7-6-8-11-18/h6-14H,5,15-17H2,1-4H3,(H,27,28)(H2,24,25,26). The van der Waals surface area contributed by atoms with Gasteiger partial charge in [0, 0.05) is 12.1 Å². The molecule has 0 unspecified atom stereocenters. The van der Waals surface area contributed by atoms with Gasteiger partial charge in [0.1, 0.15) is 12.4 Å². The lowest BCUT2D eigenvalue weighted by Crippen LogP contribution is -2.48. The molecule has 1 amide bonds. The molecule has 29 heavy (non-hydrogen) atoms. The molecule has 2 aromatic rings. The molecule has 0 aromatic heterocycles. The van der Waals surface area contributed by atoms with Gasteiger partial charge in [0.05, 0.1) is 13.1 Å². The second-order valence-electron chi connectivity index (χ2n) is 7.77. The van der Waals surface area contributed by atoms with Gasteiger partial charge in [-0.2, -0.15) is 0 Å². The van der Waals surface area contributed by atoms with Crippen molar-refractivity contribution in [3.8, 4) is 5.75 Å². The summed E-state index contributed by atoms with van der Waals surface area (Å²) in [6.45, 7) is 9.76. The van der Waals surface area contributed by atoms with Crippen LogP contribution in [0.3, 0.4) is 0 Å². The van der Waals surface area contributed by atoms with E-state index in [1.807, 2.05) is 82.3 Å². The van der Waals surface area contributed by atoms with Crippen LogP contribution in [0.2, 0.25) is 0 Å². The maximum absolute atomic E-state index is 12.0. The van der Waals surface area contributed by atoms with Gasteiger partial charge < -0.3 is 20.7 Å². The van der Waals surface area contributed by atoms with Crippen LogP contribution in [-0.4, -0.2) is 30.5 Å². The molecule has 0 bridgehead atoms. The fraction of sp³-hybridized carbons (Fsp3) is 0.391. The summed E-state index contributed by atoms with van der Waals surface area (Å²) in [5.41, 5.74) is 1.91. The summed E-state index contributed by atoms with van der Waals surface area (Å²) in [5, 5.41) is 9.15. The molecule has 0 aliphatic rings. The quantitative estimate of drug-likeness (QED) is 0.473. The SMILES string of the molecule is CCNC(=NCc1cccc(OCc2ccccc2)c1)NCC(=O)NC(C)(C)C. The van der Waals surface area contributed by atoms with Gasteiger partial charge in [0.25, 0.3) is 0 Å². The molecule has 0 fully saturated rings. The van der Waals surface area contributed by atoms with E-state index < -0.39 is 0 Å². The Kier molecular flexibility index (Phi) is 8.52. The minimum absolute atomic E-state index is 0.0700. The van der Waals surface area contributed by atoms with Crippen LogP contribution < -0.4 is 20.7 Å². The first-order valence-corrected chi connectivity index (χ1v) is 9.94. The first kappa shape index (κ1) is 22.3. The topological polar surface area (TPSA) is 74.8 Å². The van der Waals surface area contributed by atoms with E-state index in [0.29, 0.717) is 25.7 Å². The first-order chi connectivity index (χ1) is 13.9. The normalized spacial score (nSPS) is 11.7. The fourth-order valence-electron chi connectivity index (χ4n) is 2.61. The van der Waals surface area contributed by atoms with E-state index in [0.717, 1.165) is 16.9 Å². The van der Waals surface area contributed by atoms with Gasteiger partial charge in [0.2, 0.25) is 5.91 Å². The molecule has 2 rings (SSSR count). The molecular weight excluding hydrogens is 364 g/mol. The molecule has 2 aromatic carbocycles. The predicted octanol–water partition coefficient (Wildman–Crippen LogP) is 3.24. The number of hydrogen-bond donors (Lipinski definition) is 3. The summed E-state index contributed by atoms with van der Waals surface area (Å²) >= 11 is 0. The van der Waals surface area contributed by atoms with Crippen molar-refractivity contribution in [1.82, 2.24) is 16.0 Å². The van der Waals surface area contributed by atoms with Gasteiger partial charge in [-0.05, 0) is 51.0 Å². The summed E-state index contributed by atoms with van der Waals surface area (Å²) in [6.07, 6.45) is 0. The molecule has 0 atom stereocenters. The lowest BCUT2D eigenvalue weighted by atomic mass is 10.1. The van der Waals surface area contributed by atoms with Crippen molar-refractivity contribution in [2.45, 2.75) is 46.4 Å². The van der Waals surface area contributed by atoms with Crippen molar-refractivity contribution in [3.05, 3.63) is 65.7 Å². The summed E-state index contributed by atoms with van der Waals surface area (Å²) in [5.74, 6) is 1.34. The predicted molar refractivity (Wildman–Crippen MR) is 118 cm³/mol. The average Bonchev–Trinajstić information content (AvgIpc) is 2.68. The summed E-state index contributed by atoms with van der Waals surface area (Å²) in [7, 11) is 0. The third kappa shape index (κ3) is 9.14. The minimum Gasteiger partial charge on any atom is -0.489 e. The number of benzene rings is 2. The van der Waals surface area contributed by atoms with Crippen LogP contribution in [0.1, 0.15) is 38.8 Å². The van der Waals surface area contributed by atoms with Crippen molar-refractivity contribution < 1.29 is 9.53 Å².